The van der Waals surface area contributed by atoms with Gasteiger partial charge in [-0.1, -0.05) is 6.08 Å². The Morgan fingerprint density at radius 2 is 2.07 bits per heavy atom. The molecule has 1 fully saturated rings. The number of nitrogens with one attached hydrogen (secondary N) is 1. The van der Waals surface area contributed by atoms with E-state index in [1.165, 1.54) is 12.8 Å². The van der Waals surface area contributed by atoms with Gasteiger partial charge in [-0.3, -0.25) is 0 Å². The molecule has 2 aliphatic rings. The second kappa shape index (κ2) is 4.92. The molecule has 1 aliphatic carbocycles. The van der Waals surface area contributed by atoms with Crippen LogP contribution in [0.1, 0.15) is 38.5 Å². The topological polar surface area (TPSA) is 12.0 Å². The molecule has 80 valence electrons. The molecule has 1 N–H and O–H groups in total. The standard InChI is InChI=1S/C12H20FN/c13-12(10-4-2-1-3-5-10)11-6-8-14-9-7-11/h4,11-12,14H,1-3,5-9H2. The number of alkyl halides is 1. The van der Waals surface area contributed by atoms with Crippen LogP contribution in [0.3, 0.4) is 0 Å². The Hall–Kier alpha value is -0.370. The molecule has 1 heterocycles. The molecule has 1 aliphatic heterocycles. The molecule has 1 saturated heterocycles. The first-order valence-corrected chi connectivity index (χ1v) is 5.91. The zero-order valence-corrected chi connectivity index (χ0v) is 8.77. The summed E-state index contributed by atoms with van der Waals surface area (Å²) < 4.78 is 14.1. The van der Waals surface area contributed by atoms with Gasteiger partial charge >= 0.3 is 0 Å². The SMILES string of the molecule is FC(C1=CCCCC1)C1CCNCC1. The van der Waals surface area contributed by atoms with Gasteiger partial charge in [0, 0.05) is 0 Å². The number of rotatable bonds is 2. The summed E-state index contributed by atoms with van der Waals surface area (Å²) in [4.78, 5) is 0. The molecule has 0 radical (unpaired) electrons. The maximum absolute atomic E-state index is 14.1. The number of allylic oxidation sites excluding steroid dienone is 2. The Morgan fingerprint density at radius 3 is 2.71 bits per heavy atom. The molecular weight excluding hydrogens is 177 g/mol. The van der Waals surface area contributed by atoms with Crippen LogP contribution in [0.15, 0.2) is 11.6 Å². The third-order valence-corrected chi connectivity index (χ3v) is 3.48. The molecule has 14 heavy (non-hydrogen) atoms. The van der Waals surface area contributed by atoms with Crippen LogP contribution >= 0.6 is 0 Å². The van der Waals surface area contributed by atoms with Crippen molar-refractivity contribution < 1.29 is 4.39 Å². The summed E-state index contributed by atoms with van der Waals surface area (Å²) in [5.41, 5.74) is 1.10. The molecule has 0 bridgehead atoms. The molecule has 2 heteroatoms. The van der Waals surface area contributed by atoms with E-state index in [0.717, 1.165) is 44.3 Å². The van der Waals surface area contributed by atoms with Crippen molar-refractivity contribution in [3.05, 3.63) is 11.6 Å². The van der Waals surface area contributed by atoms with E-state index >= 15 is 0 Å². The van der Waals surface area contributed by atoms with Crippen LogP contribution in [0.4, 0.5) is 4.39 Å². The molecular formula is C12H20FN. The van der Waals surface area contributed by atoms with E-state index in [-0.39, 0.29) is 0 Å². The zero-order valence-electron chi connectivity index (χ0n) is 8.77. The minimum Gasteiger partial charge on any atom is -0.317 e. The Labute approximate surface area is 85.8 Å². The second-order valence-corrected chi connectivity index (χ2v) is 4.51. The van der Waals surface area contributed by atoms with Crippen LogP contribution in [0.5, 0.6) is 0 Å². The molecule has 2 rings (SSSR count). The predicted molar refractivity (Wildman–Crippen MR) is 57.0 cm³/mol. The fraction of sp³-hybridized carbons (Fsp3) is 0.833. The molecule has 1 nitrogen and oxygen atoms in total. The summed E-state index contributed by atoms with van der Waals surface area (Å²) in [6.45, 7) is 2.00. The Kier molecular flexibility index (Phi) is 3.57. The van der Waals surface area contributed by atoms with Gasteiger partial charge in [0.25, 0.3) is 0 Å². The molecule has 0 aromatic carbocycles. The molecule has 0 saturated carbocycles. The highest BCUT2D eigenvalue weighted by Crippen LogP contribution is 2.30. The van der Waals surface area contributed by atoms with Crippen molar-refractivity contribution >= 4 is 0 Å². The van der Waals surface area contributed by atoms with Crippen LogP contribution in [0.2, 0.25) is 0 Å². The normalized spacial score (nSPS) is 27.1. The lowest BCUT2D eigenvalue weighted by Crippen LogP contribution is -2.33. The van der Waals surface area contributed by atoms with Crippen LogP contribution in [0.25, 0.3) is 0 Å². The highest BCUT2D eigenvalue weighted by atomic mass is 19.1. The first kappa shape index (κ1) is 10.2. The Bertz CT molecular complexity index is 206. The van der Waals surface area contributed by atoms with E-state index in [1.807, 2.05) is 0 Å². The lowest BCUT2D eigenvalue weighted by molar-refractivity contribution is 0.213. The van der Waals surface area contributed by atoms with Crippen LogP contribution in [0, 0.1) is 5.92 Å². The average Bonchev–Trinajstić information content (AvgIpc) is 2.30. The predicted octanol–water partition coefficient (Wildman–Crippen LogP) is 2.82. The minimum absolute atomic E-state index is 0.292. The van der Waals surface area contributed by atoms with Crippen molar-refractivity contribution in [3.8, 4) is 0 Å². The number of hydrogen-bond donors (Lipinski definition) is 1. The Morgan fingerprint density at radius 1 is 1.29 bits per heavy atom. The van der Waals surface area contributed by atoms with Gasteiger partial charge in [0.2, 0.25) is 0 Å². The van der Waals surface area contributed by atoms with E-state index in [2.05, 4.69) is 11.4 Å². The van der Waals surface area contributed by atoms with Gasteiger partial charge in [0.05, 0.1) is 0 Å². The van der Waals surface area contributed by atoms with Gasteiger partial charge in [-0.2, -0.15) is 0 Å². The molecule has 1 unspecified atom stereocenters. The number of hydrogen-bond acceptors (Lipinski definition) is 1. The van der Waals surface area contributed by atoms with Crippen molar-refractivity contribution in [1.29, 1.82) is 0 Å². The van der Waals surface area contributed by atoms with E-state index in [1.54, 1.807) is 0 Å². The molecule has 1 atom stereocenters. The minimum atomic E-state index is -0.641. The monoisotopic (exact) mass is 197 g/mol. The van der Waals surface area contributed by atoms with Crippen molar-refractivity contribution in [2.75, 3.05) is 13.1 Å². The Balaban J connectivity index is 1.91. The fourth-order valence-corrected chi connectivity index (χ4v) is 2.55. The number of piperidine rings is 1. The third-order valence-electron chi connectivity index (χ3n) is 3.48. The summed E-state index contributed by atoms with van der Waals surface area (Å²) in [5, 5.41) is 3.29. The van der Waals surface area contributed by atoms with Crippen LogP contribution in [-0.2, 0) is 0 Å². The van der Waals surface area contributed by atoms with E-state index in [9.17, 15) is 4.39 Å². The smallest absolute Gasteiger partial charge is 0.124 e. The summed E-state index contributed by atoms with van der Waals surface area (Å²) in [5.74, 6) is 0.292. The van der Waals surface area contributed by atoms with Gasteiger partial charge in [-0.15, -0.1) is 0 Å². The maximum Gasteiger partial charge on any atom is 0.124 e. The summed E-state index contributed by atoms with van der Waals surface area (Å²) >= 11 is 0. The first-order chi connectivity index (χ1) is 6.88. The lowest BCUT2D eigenvalue weighted by atomic mass is 9.85. The highest BCUT2D eigenvalue weighted by molar-refractivity contribution is 5.12. The number of halogens is 1. The summed E-state index contributed by atoms with van der Waals surface area (Å²) in [6.07, 6.45) is 8.08. The van der Waals surface area contributed by atoms with Gasteiger partial charge in [0.15, 0.2) is 0 Å². The van der Waals surface area contributed by atoms with E-state index in [0.29, 0.717) is 5.92 Å². The first-order valence-electron chi connectivity index (χ1n) is 5.91. The second-order valence-electron chi connectivity index (χ2n) is 4.51. The lowest BCUT2D eigenvalue weighted by Gasteiger charge is -2.28. The van der Waals surface area contributed by atoms with Crippen molar-refractivity contribution in [2.45, 2.75) is 44.7 Å². The van der Waals surface area contributed by atoms with Gasteiger partial charge < -0.3 is 5.32 Å². The van der Waals surface area contributed by atoms with Gasteiger partial charge in [-0.25, -0.2) is 4.39 Å². The van der Waals surface area contributed by atoms with Crippen molar-refractivity contribution in [2.24, 2.45) is 5.92 Å². The van der Waals surface area contributed by atoms with Crippen molar-refractivity contribution in [3.63, 3.8) is 0 Å². The van der Waals surface area contributed by atoms with Crippen LogP contribution < -0.4 is 5.32 Å². The van der Waals surface area contributed by atoms with Gasteiger partial charge in [0.1, 0.15) is 6.17 Å². The highest BCUT2D eigenvalue weighted by Gasteiger charge is 2.26. The van der Waals surface area contributed by atoms with Crippen molar-refractivity contribution in [1.82, 2.24) is 5.32 Å². The van der Waals surface area contributed by atoms with Gasteiger partial charge in [-0.05, 0) is 63.1 Å². The summed E-state index contributed by atoms with van der Waals surface area (Å²) in [6, 6.07) is 0. The zero-order chi connectivity index (χ0) is 9.80. The molecule has 0 aromatic heterocycles. The summed E-state index contributed by atoms with van der Waals surface area (Å²) in [7, 11) is 0. The third kappa shape index (κ3) is 2.35. The van der Waals surface area contributed by atoms with E-state index < -0.39 is 6.17 Å². The largest absolute Gasteiger partial charge is 0.317 e. The molecule has 0 spiro atoms. The maximum atomic E-state index is 14.1. The van der Waals surface area contributed by atoms with Crippen LogP contribution in [-0.4, -0.2) is 19.3 Å². The quantitative estimate of drug-likeness (QED) is 0.671. The molecule has 0 aromatic rings. The molecule has 0 amide bonds. The fourth-order valence-electron chi connectivity index (χ4n) is 2.55. The average molecular weight is 197 g/mol. The van der Waals surface area contributed by atoms with E-state index in [4.69, 9.17) is 0 Å².